The summed E-state index contributed by atoms with van der Waals surface area (Å²) in [6.45, 7) is 5.05. The normalized spacial score (nSPS) is 13.9. The Bertz CT molecular complexity index is 766. The number of carbonyl (C=O) groups excluding carboxylic acids is 2. The van der Waals surface area contributed by atoms with Gasteiger partial charge in [0.25, 0.3) is 11.8 Å². The van der Waals surface area contributed by atoms with E-state index in [0.717, 1.165) is 12.2 Å². The van der Waals surface area contributed by atoms with Gasteiger partial charge in [0, 0.05) is 29.9 Å². The number of morpholine rings is 1. The second kappa shape index (κ2) is 9.19. The van der Waals surface area contributed by atoms with Gasteiger partial charge in [-0.15, -0.1) is 0 Å². The van der Waals surface area contributed by atoms with E-state index in [2.05, 4.69) is 5.32 Å². The van der Waals surface area contributed by atoms with Gasteiger partial charge in [-0.25, -0.2) is 0 Å². The van der Waals surface area contributed by atoms with Gasteiger partial charge in [-0.05, 0) is 55.0 Å². The van der Waals surface area contributed by atoms with Crippen LogP contribution in [0.1, 0.15) is 34.1 Å². The van der Waals surface area contributed by atoms with E-state index >= 15 is 0 Å². The average Bonchev–Trinajstić information content (AvgIpc) is 2.73. The maximum Gasteiger partial charge on any atom is 0.255 e. The third-order valence-corrected chi connectivity index (χ3v) is 4.28. The number of ether oxygens (including phenoxy) is 2. The summed E-state index contributed by atoms with van der Waals surface area (Å²) in [4.78, 5) is 26.6. The Balaban J connectivity index is 1.58. The van der Waals surface area contributed by atoms with Crippen LogP contribution in [0.2, 0.25) is 0 Å². The summed E-state index contributed by atoms with van der Waals surface area (Å²) in [7, 11) is 0. The summed E-state index contributed by atoms with van der Waals surface area (Å²) in [6.07, 6.45) is 0.937. The summed E-state index contributed by atoms with van der Waals surface area (Å²) >= 11 is 0. The van der Waals surface area contributed by atoms with E-state index in [4.69, 9.17) is 9.47 Å². The van der Waals surface area contributed by atoms with Crippen LogP contribution in [0.3, 0.4) is 0 Å². The van der Waals surface area contributed by atoms with Crippen molar-refractivity contribution in [1.82, 2.24) is 4.90 Å². The average molecular weight is 368 g/mol. The zero-order valence-corrected chi connectivity index (χ0v) is 15.4. The predicted octanol–water partition coefficient (Wildman–Crippen LogP) is 3.20. The Labute approximate surface area is 159 Å². The van der Waals surface area contributed by atoms with E-state index in [1.165, 1.54) is 0 Å². The predicted molar refractivity (Wildman–Crippen MR) is 103 cm³/mol. The van der Waals surface area contributed by atoms with Crippen LogP contribution in [0.5, 0.6) is 5.75 Å². The molecule has 1 aliphatic rings. The molecule has 6 nitrogen and oxygen atoms in total. The summed E-state index contributed by atoms with van der Waals surface area (Å²) in [5.74, 6) is 0.530. The van der Waals surface area contributed by atoms with Gasteiger partial charge in [0.15, 0.2) is 0 Å². The fraction of sp³-hybridized carbons (Fsp3) is 0.333. The van der Waals surface area contributed by atoms with Crippen LogP contribution in [0.25, 0.3) is 0 Å². The van der Waals surface area contributed by atoms with Gasteiger partial charge in [-0.2, -0.15) is 0 Å². The largest absolute Gasteiger partial charge is 0.494 e. The van der Waals surface area contributed by atoms with Gasteiger partial charge in [-0.1, -0.05) is 6.92 Å². The van der Waals surface area contributed by atoms with Crippen molar-refractivity contribution in [3.05, 3.63) is 59.7 Å². The summed E-state index contributed by atoms with van der Waals surface area (Å²) in [6, 6.07) is 14.0. The lowest BCUT2D eigenvalue weighted by atomic mass is 10.1. The molecule has 1 aliphatic heterocycles. The minimum atomic E-state index is -0.204. The first kappa shape index (κ1) is 18.9. The Kier molecular flexibility index (Phi) is 6.44. The van der Waals surface area contributed by atoms with E-state index in [1.807, 2.05) is 6.92 Å². The zero-order chi connectivity index (χ0) is 19.1. The van der Waals surface area contributed by atoms with Gasteiger partial charge in [0.05, 0.1) is 19.8 Å². The monoisotopic (exact) mass is 368 g/mol. The highest BCUT2D eigenvalue weighted by Crippen LogP contribution is 2.16. The van der Waals surface area contributed by atoms with Crippen LogP contribution in [0.15, 0.2) is 48.5 Å². The van der Waals surface area contributed by atoms with Crippen molar-refractivity contribution in [2.75, 3.05) is 38.2 Å². The highest BCUT2D eigenvalue weighted by atomic mass is 16.5. The number of amides is 2. The molecule has 2 aromatic rings. The van der Waals surface area contributed by atoms with Crippen molar-refractivity contribution >= 4 is 17.5 Å². The molecule has 3 rings (SSSR count). The minimum Gasteiger partial charge on any atom is -0.494 e. The van der Waals surface area contributed by atoms with E-state index < -0.39 is 0 Å². The molecule has 6 heteroatoms. The molecule has 1 N–H and O–H groups in total. The molecule has 0 bridgehead atoms. The molecule has 1 saturated heterocycles. The first-order chi connectivity index (χ1) is 13.2. The van der Waals surface area contributed by atoms with E-state index in [9.17, 15) is 9.59 Å². The molecule has 142 valence electrons. The Hall–Kier alpha value is -2.86. The smallest absolute Gasteiger partial charge is 0.255 e. The van der Waals surface area contributed by atoms with Crippen LogP contribution in [-0.2, 0) is 4.74 Å². The van der Waals surface area contributed by atoms with Gasteiger partial charge in [0.1, 0.15) is 5.75 Å². The number of benzene rings is 2. The summed E-state index contributed by atoms with van der Waals surface area (Å²) < 4.78 is 10.8. The molecular formula is C21H24N2O4. The first-order valence-electron chi connectivity index (χ1n) is 9.18. The minimum absolute atomic E-state index is 0.0150. The number of nitrogens with one attached hydrogen (secondary N) is 1. The molecule has 2 aromatic carbocycles. The number of carbonyl (C=O) groups is 2. The van der Waals surface area contributed by atoms with Crippen LogP contribution < -0.4 is 10.1 Å². The lowest BCUT2D eigenvalue weighted by Crippen LogP contribution is -2.40. The molecule has 27 heavy (non-hydrogen) atoms. The Morgan fingerprint density at radius 2 is 1.63 bits per heavy atom. The fourth-order valence-electron chi connectivity index (χ4n) is 2.77. The third kappa shape index (κ3) is 5.08. The molecule has 0 aromatic heterocycles. The fourth-order valence-corrected chi connectivity index (χ4v) is 2.77. The molecule has 2 amide bonds. The van der Waals surface area contributed by atoms with Crippen molar-refractivity contribution in [2.45, 2.75) is 13.3 Å². The highest BCUT2D eigenvalue weighted by molar-refractivity contribution is 6.04. The number of hydrogen-bond donors (Lipinski definition) is 1. The Morgan fingerprint density at radius 3 is 2.26 bits per heavy atom. The van der Waals surface area contributed by atoms with Crippen molar-refractivity contribution in [3.63, 3.8) is 0 Å². The standard InChI is InChI=1S/C21H24N2O4/c1-2-13-27-19-9-5-16(6-10-19)20(24)22-18-7-3-17(4-8-18)21(25)23-11-14-26-15-12-23/h3-10H,2,11-15H2,1H3,(H,22,24). The van der Waals surface area contributed by atoms with Crippen LogP contribution in [0.4, 0.5) is 5.69 Å². The van der Waals surface area contributed by atoms with E-state index in [0.29, 0.717) is 49.7 Å². The lowest BCUT2D eigenvalue weighted by Gasteiger charge is -2.26. The van der Waals surface area contributed by atoms with Crippen molar-refractivity contribution in [2.24, 2.45) is 0 Å². The maximum absolute atomic E-state index is 12.4. The van der Waals surface area contributed by atoms with Crippen molar-refractivity contribution < 1.29 is 19.1 Å². The molecule has 0 unspecified atom stereocenters. The van der Waals surface area contributed by atoms with Crippen molar-refractivity contribution in [3.8, 4) is 5.75 Å². The van der Waals surface area contributed by atoms with E-state index in [-0.39, 0.29) is 11.8 Å². The molecule has 0 saturated carbocycles. The molecule has 1 fully saturated rings. The third-order valence-electron chi connectivity index (χ3n) is 4.28. The molecule has 0 atom stereocenters. The highest BCUT2D eigenvalue weighted by Gasteiger charge is 2.18. The number of anilines is 1. The molecule has 0 spiro atoms. The quantitative estimate of drug-likeness (QED) is 0.850. The Morgan fingerprint density at radius 1 is 1.00 bits per heavy atom. The van der Waals surface area contributed by atoms with Crippen LogP contribution in [0, 0.1) is 0 Å². The SMILES string of the molecule is CCCOc1ccc(C(=O)Nc2ccc(C(=O)N3CCOCC3)cc2)cc1. The summed E-state index contributed by atoms with van der Waals surface area (Å²) in [5, 5.41) is 2.84. The maximum atomic E-state index is 12.4. The van der Waals surface area contributed by atoms with Crippen LogP contribution in [-0.4, -0.2) is 49.6 Å². The van der Waals surface area contributed by atoms with Gasteiger partial charge >= 0.3 is 0 Å². The zero-order valence-electron chi connectivity index (χ0n) is 15.4. The van der Waals surface area contributed by atoms with E-state index in [1.54, 1.807) is 53.4 Å². The molecular weight excluding hydrogens is 344 g/mol. The number of nitrogens with zero attached hydrogens (tertiary/aromatic N) is 1. The topological polar surface area (TPSA) is 67.9 Å². The van der Waals surface area contributed by atoms with Crippen molar-refractivity contribution in [1.29, 1.82) is 0 Å². The molecule has 0 aliphatic carbocycles. The summed E-state index contributed by atoms with van der Waals surface area (Å²) in [5.41, 5.74) is 1.80. The second-order valence-electron chi connectivity index (χ2n) is 6.31. The lowest BCUT2D eigenvalue weighted by molar-refractivity contribution is 0.0303. The number of rotatable bonds is 6. The molecule has 1 heterocycles. The van der Waals surface area contributed by atoms with Crippen LogP contribution >= 0.6 is 0 Å². The van der Waals surface area contributed by atoms with Gasteiger partial charge in [0.2, 0.25) is 0 Å². The molecule has 0 radical (unpaired) electrons. The number of hydrogen-bond acceptors (Lipinski definition) is 4. The second-order valence-corrected chi connectivity index (χ2v) is 6.31. The van der Waals surface area contributed by atoms with Gasteiger partial charge < -0.3 is 19.7 Å². The first-order valence-corrected chi connectivity index (χ1v) is 9.18. The van der Waals surface area contributed by atoms with Gasteiger partial charge in [-0.3, -0.25) is 9.59 Å².